The highest BCUT2D eigenvalue weighted by molar-refractivity contribution is 7.11. The largest absolute Gasteiger partial charge is 0.492 e. The molecule has 6 heteroatoms. The minimum Gasteiger partial charge on any atom is -0.492 e. The standard InChI is InChI=1S/C20H17N3O2S/c1-3-25-18-6-4-5-15(19(18)24-2)11-16(12-21)20-23-17(13-26-20)14-7-9-22-10-8-14/h4-11,13H,3H2,1-2H3/b16-11+. The van der Waals surface area contributed by atoms with Gasteiger partial charge in [-0.25, -0.2) is 4.98 Å². The summed E-state index contributed by atoms with van der Waals surface area (Å²) < 4.78 is 11.1. The molecular weight excluding hydrogens is 346 g/mol. The average Bonchev–Trinajstić information content (AvgIpc) is 3.17. The maximum atomic E-state index is 9.62. The van der Waals surface area contributed by atoms with Crippen molar-refractivity contribution < 1.29 is 9.47 Å². The molecule has 0 amide bonds. The molecule has 130 valence electrons. The highest BCUT2D eigenvalue weighted by Gasteiger charge is 2.13. The molecule has 2 heterocycles. The van der Waals surface area contributed by atoms with Crippen LogP contribution in [0.15, 0.2) is 48.1 Å². The molecule has 0 fully saturated rings. The van der Waals surface area contributed by atoms with E-state index in [9.17, 15) is 5.26 Å². The Morgan fingerprint density at radius 1 is 1.27 bits per heavy atom. The summed E-state index contributed by atoms with van der Waals surface area (Å²) in [5.41, 5.74) is 3.04. The van der Waals surface area contributed by atoms with Gasteiger partial charge in [0.15, 0.2) is 11.5 Å². The summed E-state index contributed by atoms with van der Waals surface area (Å²) >= 11 is 1.43. The number of hydrogen-bond donors (Lipinski definition) is 0. The summed E-state index contributed by atoms with van der Waals surface area (Å²) in [6, 6.07) is 11.6. The number of para-hydroxylation sites is 1. The summed E-state index contributed by atoms with van der Waals surface area (Å²) in [6.07, 6.45) is 5.22. The van der Waals surface area contributed by atoms with Crippen LogP contribution in [-0.4, -0.2) is 23.7 Å². The SMILES string of the molecule is CCOc1cccc(/C=C(\C#N)c2nc(-c3ccncc3)cs2)c1OC. The Morgan fingerprint density at radius 3 is 2.77 bits per heavy atom. The topological polar surface area (TPSA) is 68.0 Å². The second-order valence-corrected chi connectivity index (χ2v) is 6.11. The molecule has 0 radical (unpaired) electrons. The Kier molecular flexibility index (Phi) is 5.62. The van der Waals surface area contributed by atoms with E-state index in [1.165, 1.54) is 11.3 Å². The van der Waals surface area contributed by atoms with Crippen LogP contribution >= 0.6 is 11.3 Å². The lowest BCUT2D eigenvalue weighted by atomic mass is 10.1. The molecule has 0 unspecified atom stereocenters. The van der Waals surface area contributed by atoms with Gasteiger partial charge in [-0.1, -0.05) is 12.1 Å². The Bertz CT molecular complexity index is 959. The lowest BCUT2D eigenvalue weighted by Crippen LogP contribution is -1.97. The number of pyridine rings is 1. The fourth-order valence-electron chi connectivity index (χ4n) is 2.48. The Morgan fingerprint density at radius 2 is 2.08 bits per heavy atom. The van der Waals surface area contributed by atoms with Crippen molar-refractivity contribution in [2.75, 3.05) is 13.7 Å². The minimum atomic E-state index is 0.474. The fourth-order valence-corrected chi connectivity index (χ4v) is 3.28. The lowest BCUT2D eigenvalue weighted by molar-refractivity contribution is 0.310. The van der Waals surface area contributed by atoms with Crippen LogP contribution in [0.3, 0.4) is 0 Å². The molecule has 0 aliphatic heterocycles. The predicted molar refractivity (Wildman–Crippen MR) is 103 cm³/mol. The second kappa shape index (κ2) is 8.28. The molecule has 2 aromatic heterocycles. The first-order valence-corrected chi connectivity index (χ1v) is 8.92. The maximum absolute atomic E-state index is 9.62. The fraction of sp³-hybridized carbons (Fsp3) is 0.150. The van der Waals surface area contributed by atoms with E-state index in [1.807, 2.05) is 42.6 Å². The number of methoxy groups -OCH3 is 1. The minimum absolute atomic E-state index is 0.474. The van der Waals surface area contributed by atoms with Gasteiger partial charge in [0.2, 0.25) is 0 Å². The smallest absolute Gasteiger partial charge is 0.167 e. The van der Waals surface area contributed by atoms with Crippen LogP contribution in [0, 0.1) is 11.3 Å². The van der Waals surface area contributed by atoms with E-state index in [1.54, 1.807) is 25.6 Å². The van der Waals surface area contributed by atoms with Crippen LogP contribution in [0.1, 0.15) is 17.5 Å². The molecule has 0 atom stereocenters. The number of rotatable bonds is 6. The van der Waals surface area contributed by atoms with Crippen molar-refractivity contribution in [1.29, 1.82) is 5.26 Å². The third-order valence-corrected chi connectivity index (χ3v) is 4.52. The molecule has 0 bridgehead atoms. The first-order valence-electron chi connectivity index (χ1n) is 8.04. The zero-order valence-electron chi connectivity index (χ0n) is 14.5. The Balaban J connectivity index is 1.99. The molecule has 26 heavy (non-hydrogen) atoms. The van der Waals surface area contributed by atoms with E-state index < -0.39 is 0 Å². The summed E-state index contributed by atoms with van der Waals surface area (Å²) in [7, 11) is 1.59. The van der Waals surface area contributed by atoms with Crippen molar-refractivity contribution in [2.45, 2.75) is 6.92 Å². The summed E-state index contributed by atoms with van der Waals surface area (Å²) in [6.45, 7) is 2.45. The lowest BCUT2D eigenvalue weighted by Gasteiger charge is -2.11. The molecule has 0 saturated heterocycles. The molecule has 5 nitrogen and oxygen atoms in total. The van der Waals surface area contributed by atoms with Crippen LogP contribution in [0.5, 0.6) is 11.5 Å². The van der Waals surface area contributed by atoms with Gasteiger partial charge in [-0.15, -0.1) is 11.3 Å². The van der Waals surface area contributed by atoms with Crippen molar-refractivity contribution in [3.05, 3.63) is 58.7 Å². The predicted octanol–water partition coefficient (Wildman–Crippen LogP) is 4.68. The molecule has 0 aliphatic rings. The number of hydrogen-bond acceptors (Lipinski definition) is 6. The van der Waals surface area contributed by atoms with E-state index in [-0.39, 0.29) is 0 Å². The first kappa shape index (κ1) is 17.6. The monoisotopic (exact) mass is 363 g/mol. The summed E-state index contributed by atoms with van der Waals surface area (Å²) in [4.78, 5) is 8.60. The third kappa shape index (κ3) is 3.73. The summed E-state index contributed by atoms with van der Waals surface area (Å²) in [5, 5.41) is 12.2. The van der Waals surface area contributed by atoms with E-state index in [2.05, 4.69) is 16.0 Å². The number of benzene rings is 1. The van der Waals surface area contributed by atoms with Gasteiger partial charge >= 0.3 is 0 Å². The van der Waals surface area contributed by atoms with Crippen molar-refractivity contribution in [3.8, 4) is 28.8 Å². The third-order valence-electron chi connectivity index (χ3n) is 3.64. The van der Waals surface area contributed by atoms with Gasteiger partial charge in [0.1, 0.15) is 11.1 Å². The molecule has 0 saturated carbocycles. The van der Waals surface area contributed by atoms with Crippen molar-refractivity contribution in [2.24, 2.45) is 0 Å². The number of thiazole rings is 1. The highest BCUT2D eigenvalue weighted by atomic mass is 32.1. The quantitative estimate of drug-likeness (QED) is 0.595. The van der Waals surface area contributed by atoms with E-state index in [0.29, 0.717) is 28.7 Å². The highest BCUT2D eigenvalue weighted by Crippen LogP contribution is 2.34. The summed E-state index contributed by atoms with van der Waals surface area (Å²) in [5.74, 6) is 1.26. The first-order chi connectivity index (χ1) is 12.8. The van der Waals surface area contributed by atoms with Gasteiger partial charge in [-0.3, -0.25) is 4.98 Å². The maximum Gasteiger partial charge on any atom is 0.167 e. The normalized spacial score (nSPS) is 11.0. The molecule has 0 spiro atoms. The Labute approximate surface area is 156 Å². The molecule has 1 aromatic carbocycles. The van der Waals surface area contributed by atoms with Crippen molar-refractivity contribution in [3.63, 3.8) is 0 Å². The molecule has 3 rings (SSSR count). The van der Waals surface area contributed by atoms with Crippen LogP contribution in [0.4, 0.5) is 0 Å². The van der Waals surface area contributed by atoms with Crippen molar-refractivity contribution in [1.82, 2.24) is 9.97 Å². The molecule has 0 aliphatic carbocycles. The zero-order chi connectivity index (χ0) is 18.4. The van der Waals surface area contributed by atoms with Crippen LogP contribution in [-0.2, 0) is 0 Å². The van der Waals surface area contributed by atoms with Gasteiger partial charge in [-0.2, -0.15) is 5.26 Å². The van der Waals surface area contributed by atoms with Gasteiger partial charge in [0.05, 0.1) is 25.0 Å². The van der Waals surface area contributed by atoms with Crippen LogP contribution in [0.25, 0.3) is 22.9 Å². The van der Waals surface area contributed by atoms with Gasteiger partial charge in [0, 0.05) is 28.9 Å². The molecule has 3 aromatic rings. The van der Waals surface area contributed by atoms with E-state index >= 15 is 0 Å². The Hall–Kier alpha value is -3.17. The molecular formula is C20H17N3O2S. The van der Waals surface area contributed by atoms with Gasteiger partial charge in [0.25, 0.3) is 0 Å². The molecule has 0 N–H and O–H groups in total. The van der Waals surface area contributed by atoms with Crippen molar-refractivity contribution >= 4 is 23.0 Å². The number of ether oxygens (including phenoxy) is 2. The number of nitriles is 1. The van der Waals surface area contributed by atoms with Crippen LogP contribution < -0.4 is 9.47 Å². The number of nitrogens with zero attached hydrogens (tertiary/aromatic N) is 3. The van der Waals surface area contributed by atoms with E-state index in [4.69, 9.17) is 9.47 Å². The number of aromatic nitrogens is 2. The average molecular weight is 363 g/mol. The number of allylic oxidation sites excluding steroid dienone is 1. The van der Waals surface area contributed by atoms with Gasteiger partial charge in [-0.05, 0) is 31.2 Å². The second-order valence-electron chi connectivity index (χ2n) is 5.26. The van der Waals surface area contributed by atoms with E-state index in [0.717, 1.165) is 16.8 Å². The van der Waals surface area contributed by atoms with Gasteiger partial charge < -0.3 is 9.47 Å². The zero-order valence-corrected chi connectivity index (χ0v) is 15.3. The van der Waals surface area contributed by atoms with Crippen LogP contribution in [0.2, 0.25) is 0 Å².